The first-order valence-corrected chi connectivity index (χ1v) is 10.6. The fourth-order valence-electron chi connectivity index (χ4n) is 3.89. The zero-order valence-corrected chi connectivity index (χ0v) is 18.2. The Labute approximate surface area is 190 Å². The Morgan fingerprint density at radius 2 is 1.42 bits per heavy atom. The average molecular weight is 410 g/mol. The van der Waals surface area contributed by atoms with Crippen molar-refractivity contribution in [3.05, 3.63) is 90.9 Å². The van der Waals surface area contributed by atoms with E-state index in [1.807, 2.05) is 88.4 Å². The predicted octanol–water partition coefficient (Wildman–Crippen LogP) is 6.47. The largest absolute Gasteiger partial charge is 0.494 e. The van der Waals surface area contributed by atoms with Crippen molar-refractivity contribution >= 4 is 23.4 Å². The van der Waals surface area contributed by atoms with Gasteiger partial charge in [-0.25, -0.2) is 0 Å². The van der Waals surface area contributed by atoms with E-state index in [-0.39, 0.29) is 29.6 Å². The highest BCUT2D eigenvalue weighted by molar-refractivity contribution is 6.62. The summed E-state index contributed by atoms with van der Waals surface area (Å²) >= 11 is 0. The molecule has 4 aromatic rings. The molecule has 3 heteroatoms. The van der Waals surface area contributed by atoms with Crippen molar-refractivity contribution in [2.75, 3.05) is 0 Å². The molecule has 0 amide bonds. The Hall–Kier alpha value is -2.88. The maximum atomic E-state index is 9.15. The SMILES string of the molecule is [2H]c1c([2H])c(B2OC(C)(C)C(C)(C)O2)c([2H])c(-c2cc(-c3ccccc3)cc3ccccc23)c1[2H]. The van der Waals surface area contributed by atoms with Crippen LogP contribution < -0.4 is 5.46 Å². The van der Waals surface area contributed by atoms with E-state index < -0.39 is 18.3 Å². The third-order valence-electron chi connectivity index (χ3n) is 6.37. The minimum Gasteiger partial charge on any atom is -0.399 e. The van der Waals surface area contributed by atoms with Crippen LogP contribution >= 0.6 is 0 Å². The highest BCUT2D eigenvalue weighted by atomic mass is 16.7. The zero-order chi connectivity index (χ0) is 25.1. The highest BCUT2D eigenvalue weighted by Crippen LogP contribution is 2.37. The lowest BCUT2D eigenvalue weighted by molar-refractivity contribution is 0.00578. The Morgan fingerprint density at radius 3 is 2.16 bits per heavy atom. The molecule has 1 fully saturated rings. The van der Waals surface area contributed by atoms with Crippen LogP contribution in [0.1, 0.15) is 33.2 Å². The van der Waals surface area contributed by atoms with E-state index in [2.05, 4.69) is 6.07 Å². The second-order valence-electron chi connectivity index (χ2n) is 8.99. The van der Waals surface area contributed by atoms with Crippen molar-refractivity contribution in [3.63, 3.8) is 0 Å². The van der Waals surface area contributed by atoms with Gasteiger partial charge >= 0.3 is 7.12 Å². The lowest BCUT2D eigenvalue weighted by Gasteiger charge is -2.32. The maximum absolute atomic E-state index is 9.15. The molecule has 0 radical (unpaired) electrons. The first-order chi connectivity index (χ1) is 16.5. The molecule has 1 saturated heterocycles. The molecule has 154 valence electrons. The van der Waals surface area contributed by atoms with Crippen molar-refractivity contribution < 1.29 is 14.8 Å². The summed E-state index contributed by atoms with van der Waals surface area (Å²) in [5.41, 5.74) is 1.85. The normalized spacial score (nSPS) is 19.0. The quantitative estimate of drug-likeness (QED) is 0.360. The summed E-state index contributed by atoms with van der Waals surface area (Å²) in [6, 6.07) is 21.3. The summed E-state index contributed by atoms with van der Waals surface area (Å²) in [7, 11) is -0.966. The van der Waals surface area contributed by atoms with Gasteiger partial charge in [0.1, 0.15) is 0 Å². The standard InChI is InChI=1S/C28H27BO2/c1-27(2)28(3,4)31-29(30-27)24-15-10-14-22(18-24)26-19-23(20-11-6-5-7-12-20)17-21-13-8-9-16-25(21)26/h5-19H,1-4H3/i10D,14D,15D,18D. The van der Waals surface area contributed by atoms with Crippen molar-refractivity contribution in [1.29, 1.82) is 0 Å². The van der Waals surface area contributed by atoms with E-state index in [0.29, 0.717) is 11.1 Å². The Kier molecular flexibility index (Phi) is 3.77. The van der Waals surface area contributed by atoms with Gasteiger partial charge in [0.25, 0.3) is 0 Å². The molecule has 0 spiro atoms. The molecule has 0 atom stereocenters. The van der Waals surface area contributed by atoms with Gasteiger partial charge in [0.15, 0.2) is 0 Å². The van der Waals surface area contributed by atoms with Gasteiger partial charge in [-0.05, 0) is 78.3 Å². The molecule has 1 aliphatic rings. The summed E-state index contributed by atoms with van der Waals surface area (Å²) in [6.45, 7) is 7.66. The number of rotatable bonds is 3. The van der Waals surface area contributed by atoms with Gasteiger partial charge in [-0.1, -0.05) is 78.8 Å². The van der Waals surface area contributed by atoms with Crippen molar-refractivity contribution in [1.82, 2.24) is 0 Å². The highest BCUT2D eigenvalue weighted by Gasteiger charge is 2.51. The van der Waals surface area contributed by atoms with E-state index >= 15 is 0 Å². The Bertz CT molecular complexity index is 1440. The average Bonchev–Trinajstić information content (AvgIpc) is 3.04. The minimum atomic E-state index is -0.966. The third kappa shape index (κ3) is 3.58. The molecule has 31 heavy (non-hydrogen) atoms. The van der Waals surface area contributed by atoms with Gasteiger partial charge < -0.3 is 9.31 Å². The van der Waals surface area contributed by atoms with Crippen LogP contribution in [0, 0.1) is 0 Å². The molecule has 4 aromatic carbocycles. The van der Waals surface area contributed by atoms with E-state index in [0.717, 1.165) is 21.9 Å². The van der Waals surface area contributed by atoms with E-state index in [1.165, 1.54) is 0 Å². The second kappa shape index (κ2) is 7.37. The molecule has 0 aliphatic carbocycles. The molecule has 0 N–H and O–H groups in total. The summed E-state index contributed by atoms with van der Waals surface area (Å²) in [5, 5.41) is 1.85. The van der Waals surface area contributed by atoms with Crippen LogP contribution in [0.4, 0.5) is 0 Å². The van der Waals surface area contributed by atoms with Crippen LogP contribution in [-0.2, 0) is 9.31 Å². The molecule has 0 aromatic heterocycles. The molecule has 0 bridgehead atoms. The Balaban J connectivity index is 1.80. The van der Waals surface area contributed by atoms with E-state index in [4.69, 9.17) is 14.8 Å². The molecule has 2 nitrogen and oxygen atoms in total. The lowest BCUT2D eigenvalue weighted by Crippen LogP contribution is -2.41. The van der Waals surface area contributed by atoms with E-state index in [9.17, 15) is 0 Å². The summed E-state index contributed by atoms with van der Waals surface area (Å²) in [4.78, 5) is 0. The molecular formula is C28H27BO2. The summed E-state index contributed by atoms with van der Waals surface area (Å²) in [5.74, 6) is 0. The van der Waals surface area contributed by atoms with Gasteiger partial charge in [-0.3, -0.25) is 0 Å². The molecule has 1 heterocycles. The minimum absolute atomic E-state index is 0.00938. The van der Waals surface area contributed by atoms with Gasteiger partial charge in [0.2, 0.25) is 0 Å². The molecule has 1 aliphatic heterocycles. The number of hydrogen-bond donors (Lipinski definition) is 0. The van der Waals surface area contributed by atoms with Gasteiger partial charge in [0, 0.05) is 0 Å². The fraction of sp³-hybridized carbons (Fsp3) is 0.214. The van der Waals surface area contributed by atoms with Gasteiger partial charge in [-0.2, -0.15) is 0 Å². The summed E-state index contributed by atoms with van der Waals surface area (Å²) < 4.78 is 47.5. The second-order valence-corrected chi connectivity index (χ2v) is 8.99. The maximum Gasteiger partial charge on any atom is 0.494 e. The Morgan fingerprint density at radius 1 is 0.742 bits per heavy atom. The van der Waals surface area contributed by atoms with Crippen LogP contribution in [0.25, 0.3) is 33.0 Å². The van der Waals surface area contributed by atoms with Crippen molar-refractivity contribution in [3.8, 4) is 22.3 Å². The molecule has 0 saturated carbocycles. The zero-order valence-electron chi connectivity index (χ0n) is 22.2. The first kappa shape index (κ1) is 15.9. The van der Waals surface area contributed by atoms with Crippen LogP contribution in [0.5, 0.6) is 0 Å². The number of benzene rings is 4. The fourth-order valence-corrected chi connectivity index (χ4v) is 3.89. The van der Waals surface area contributed by atoms with Crippen molar-refractivity contribution in [2.45, 2.75) is 38.9 Å². The van der Waals surface area contributed by atoms with Crippen LogP contribution in [0.15, 0.2) is 90.9 Å². The lowest BCUT2D eigenvalue weighted by atomic mass is 9.77. The van der Waals surface area contributed by atoms with Crippen LogP contribution in [0.2, 0.25) is 0 Å². The summed E-state index contributed by atoms with van der Waals surface area (Å²) in [6.07, 6.45) is 0. The van der Waals surface area contributed by atoms with Gasteiger partial charge in [-0.15, -0.1) is 0 Å². The number of fused-ring (bicyclic) bond motifs is 1. The number of hydrogen-bond acceptors (Lipinski definition) is 2. The van der Waals surface area contributed by atoms with E-state index in [1.54, 1.807) is 0 Å². The first-order valence-electron chi connectivity index (χ1n) is 12.6. The smallest absolute Gasteiger partial charge is 0.399 e. The topological polar surface area (TPSA) is 18.5 Å². The van der Waals surface area contributed by atoms with Crippen LogP contribution in [-0.4, -0.2) is 18.3 Å². The van der Waals surface area contributed by atoms with Crippen molar-refractivity contribution in [2.24, 2.45) is 0 Å². The van der Waals surface area contributed by atoms with Crippen LogP contribution in [0.3, 0.4) is 0 Å². The van der Waals surface area contributed by atoms with Gasteiger partial charge in [0.05, 0.1) is 16.7 Å². The monoisotopic (exact) mass is 410 g/mol. The predicted molar refractivity (Wildman–Crippen MR) is 131 cm³/mol. The molecular weight excluding hydrogens is 379 g/mol. The molecule has 0 unspecified atom stereocenters. The third-order valence-corrected chi connectivity index (χ3v) is 6.37. The molecule has 5 rings (SSSR count).